The molecule has 2 aromatic carbocycles. The van der Waals surface area contributed by atoms with Gasteiger partial charge in [0.05, 0.1) is 23.6 Å². The molecular weight excluding hydrogens is 444 g/mol. The number of nitrogens with zero attached hydrogens (tertiary/aromatic N) is 2. The van der Waals surface area contributed by atoms with Crippen molar-refractivity contribution in [2.24, 2.45) is 0 Å². The van der Waals surface area contributed by atoms with Crippen LogP contribution in [0.3, 0.4) is 0 Å². The van der Waals surface area contributed by atoms with Gasteiger partial charge in [-0.3, -0.25) is 14.5 Å². The summed E-state index contributed by atoms with van der Waals surface area (Å²) in [4.78, 5) is 33.0. The molecule has 1 aliphatic heterocycles. The molecule has 1 amide bonds. The molecule has 4 aromatic rings. The van der Waals surface area contributed by atoms with Crippen LogP contribution in [0, 0.1) is 6.92 Å². The van der Waals surface area contributed by atoms with Gasteiger partial charge in [0, 0.05) is 11.2 Å². The number of carbonyl (C=O) groups excluding carboxylic acids is 1. The molecule has 2 aromatic heterocycles. The lowest BCUT2D eigenvalue weighted by Gasteiger charge is -2.24. The predicted molar refractivity (Wildman–Crippen MR) is 124 cm³/mol. The molecule has 33 heavy (non-hydrogen) atoms. The van der Waals surface area contributed by atoms with E-state index >= 15 is 0 Å². The highest BCUT2D eigenvalue weighted by atomic mass is 35.5. The monoisotopic (exact) mass is 462 g/mol. The van der Waals surface area contributed by atoms with Crippen LogP contribution in [-0.4, -0.2) is 22.6 Å². The normalized spacial score (nSPS) is 15.2. The Morgan fingerprint density at radius 1 is 1.15 bits per heavy atom. The maximum absolute atomic E-state index is 13.6. The third kappa shape index (κ3) is 3.41. The fourth-order valence-corrected chi connectivity index (χ4v) is 4.24. The van der Waals surface area contributed by atoms with Crippen LogP contribution in [0.2, 0.25) is 5.02 Å². The molecular formula is C25H19ClN2O5. The number of phenolic OH excluding ortho intramolecular Hbond substituents is 1. The number of halogens is 1. The summed E-state index contributed by atoms with van der Waals surface area (Å²) in [6, 6.07) is 12.2. The lowest BCUT2D eigenvalue weighted by atomic mass is 9.98. The number of amides is 1. The third-order valence-electron chi connectivity index (χ3n) is 5.57. The average Bonchev–Trinajstić information content (AvgIpc) is 3.09. The molecule has 1 aliphatic rings. The van der Waals surface area contributed by atoms with Crippen molar-refractivity contribution in [1.29, 1.82) is 0 Å². The highest BCUT2D eigenvalue weighted by molar-refractivity contribution is 6.31. The average molecular weight is 463 g/mol. The van der Waals surface area contributed by atoms with E-state index < -0.39 is 11.9 Å². The highest BCUT2D eigenvalue weighted by Crippen LogP contribution is 2.42. The number of rotatable bonds is 4. The Balaban J connectivity index is 1.80. The zero-order valence-corrected chi connectivity index (χ0v) is 18.6. The maximum atomic E-state index is 13.6. The quantitative estimate of drug-likeness (QED) is 0.458. The van der Waals surface area contributed by atoms with Crippen LogP contribution in [0.1, 0.15) is 40.2 Å². The molecule has 166 valence electrons. The summed E-state index contributed by atoms with van der Waals surface area (Å²) in [6.45, 7) is 4.03. The Bertz CT molecular complexity index is 1460. The number of carbonyl (C=O) groups is 1. The number of aryl methyl sites for hydroxylation is 1. The number of fused-ring (bicyclic) bond motifs is 2. The Labute approximate surface area is 193 Å². The second kappa shape index (κ2) is 7.94. The second-order valence-corrected chi connectivity index (χ2v) is 8.18. The first-order chi connectivity index (χ1) is 15.9. The van der Waals surface area contributed by atoms with E-state index in [9.17, 15) is 14.7 Å². The predicted octanol–water partition coefficient (Wildman–Crippen LogP) is 5.00. The van der Waals surface area contributed by atoms with Crippen LogP contribution in [-0.2, 0) is 0 Å². The van der Waals surface area contributed by atoms with E-state index in [1.54, 1.807) is 43.5 Å². The van der Waals surface area contributed by atoms with Gasteiger partial charge < -0.3 is 14.3 Å². The number of aromatic nitrogens is 1. The third-order valence-corrected chi connectivity index (χ3v) is 5.81. The molecule has 3 heterocycles. The van der Waals surface area contributed by atoms with E-state index in [4.69, 9.17) is 20.8 Å². The van der Waals surface area contributed by atoms with Gasteiger partial charge in [-0.1, -0.05) is 23.7 Å². The fraction of sp³-hybridized carbons (Fsp3) is 0.160. The number of benzene rings is 2. The molecule has 0 aliphatic carbocycles. The van der Waals surface area contributed by atoms with Crippen LogP contribution in [0.4, 0.5) is 5.82 Å². The second-order valence-electron chi connectivity index (χ2n) is 7.75. The van der Waals surface area contributed by atoms with Crippen molar-refractivity contribution in [3.8, 4) is 11.5 Å². The van der Waals surface area contributed by atoms with Gasteiger partial charge in [0.2, 0.25) is 5.76 Å². The van der Waals surface area contributed by atoms with Crippen molar-refractivity contribution >= 4 is 34.3 Å². The Hall–Kier alpha value is -3.84. The molecule has 1 unspecified atom stereocenters. The number of hydrogen-bond donors (Lipinski definition) is 1. The van der Waals surface area contributed by atoms with E-state index in [1.807, 2.05) is 13.0 Å². The summed E-state index contributed by atoms with van der Waals surface area (Å²) >= 11 is 6.12. The smallest absolute Gasteiger partial charge is 0.296 e. The van der Waals surface area contributed by atoms with Gasteiger partial charge in [0.1, 0.15) is 11.4 Å². The lowest BCUT2D eigenvalue weighted by molar-refractivity contribution is 0.0970. The minimum Gasteiger partial charge on any atom is -0.504 e. The summed E-state index contributed by atoms with van der Waals surface area (Å²) in [5, 5.41) is 10.8. The van der Waals surface area contributed by atoms with E-state index in [1.165, 1.54) is 17.0 Å². The summed E-state index contributed by atoms with van der Waals surface area (Å²) in [7, 11) is 0. The summed E-state index contributed by atoms with van der Waals surface area (Å²) < 4.78 is 11.5. The van der Waals surface area contributed by atoms with Crippen molar-refractivity contribution < 1.29 is 19.1 Å². The molecule has 1 N–H and O–H groups in total. The Kier molecular flexibility index (Phi) is 5.06. The Morgan fingerprint density at radius 2 is 1.97 bits per heavy atom. The van der Waals surface area contributed by atoms with Crippen LogP contribution >= 0.6 is 11.6 Å². The standard InChI is InChI=1S/C25H19ClN2O5/c1-3-32-19-10-14(5-7-17(19)29)22-21-23(30)16-11-15(26)6-8-18(16)33-24(21)25(31)28(22)20-9-4-13(2)12-27-20/h4-12,22,29H,3H2,1-2H3. The molecule has 7 nitrogen and oxygen atoms in total. The van der Waals surface area contributed by atoms with E-state index in [0.29, 0.717) is 23.0 Å². The summed E-state index contributed by atoms with van der Waals surface area (Å²) in [5.74, 6) is 0.0533. The minimum absolute atomic E-state index is 0.0394. The number of anilines is 1. The van der Waals surface area contributed by atoms with Gasteiger partial charge in [-0.05, 0) is 61.4 Å². The number of phenols is 1. The SMILES string of the molecule is CCOc1cc(C2c3c(oc4ccc(Cl)cc4c3=O)C(=O)N2c2ccc(C)cn2)ccc1O. The van der Waals surface area contributed by atoms with Crippen molar-refractivity contribution in [3.63, 3.8) is 0 Å². The van der Waals surface area contributed by atoms with E-state index in [-0.39, 0.29) is 39.2 Å². The van der Waals surface area contributed by atoms with Crippen LogP contribution < -0.4 is 15.1 Å². The number of aromatic hydroxyl groups is 1. The molecule has 1 atom stereocenters. The summed E-state index contributed by atoms with van der Waals surface area (Å²) in [6.07, 6.45) is 1.65. The molecule has 0 fully saturated rings. The van der Waals surface area contributed by atoms with Gasteiger partial charge in [-0.25, -0.2) is 4.98 Å². The molecule has 0 spiro atoms. The zero-order chi connectivity index (χ0) is 23.3. The minimum atomic E-state index is -0.831. The lowest BCUT2D eigenvalue weighted by Crippen LogP contribution is -2.30. The zero-order valence-electron chi connectivity index (χ0n) is 17.8. The topological polar surface area (TPSA) is 92.9 Å². The molecule has 0 saturated heterocycles. The van der Waals surface area contributed by atoms with Crippen LogP contribution in [0.15, 0.2) is 63.9 Å². The first kappa shape index (κ1) is 21.0. The highest BCUT2D eigenvalue weighted by Gasteiger charge is 2.44. The van der Waals surface area contributed by atoms with Gasteiger partial charge in [-0.15, -0.1) is 0 Å². The fourth-order valence-electron chi connectivity index (χ4n) is 4.07. The van der Waals surface area contributed by atoms with Crippen LogP contribution in [0.5, 0.6) is 11.5 Å². The molecule has 0 saturated carbocycles. The van der Waals surface area contributed by atoms with Gasteiger partial charge >= 0.3 is 0 Å². The maximum Gasteiger partial charge on any atom is 0.296 e. The van der Waals surface area contributed by atoms with Crippen molar-refractivity contribution in [1.82, 2.24) is 4.98 Å². The van der Waals surface area contributed by atoms with E-state index in [0.717, 1.165) is 5.56 Å². The molecule has 0 bridgehead atoms. The van der Waals surface area contributed by atoms with Gasteiger partial charge in [0.25, 0.3) is 5.91 Å². The van der Waals surface area contributed by atoms with Crippen molar-refractivity contribution in [2.75, 3.05) is 11.5 Å². The number of hydrogen-bond acceptors (Lipinski definition) is 6. The molecule has 0 radical (unpaired) electrons. The number of ether oxygens (including phenoxy) is 1. The van der Waals surface area contributed by atoms with E-state index in [2.05, 4.69) is 4.98 Å². The van der Waals surface area contributed by atoms with Crippen LogP contribution in [0.25, 0.3) is 11.0 Å². The van der Waals surface area contributed by atoms with Gasteiger partial charge in [0.15, 0.2) is 16.9 Å². The van der Waals surface area contributed by atoms with Crippen molar-refractivity contribution in [2.45, 2.75) is 19.9 Å². The van der Waals surface area contributed by atoms with Gasteiger partial charge in [-0.2, -0.15) is 0 Å². The number of pyridine rings is 1. The van der Waals surface area contributed by atoms with Crippen molar-refractivity contribution in [3.05, 3.63) is 92.4 Å². The largest absolute Gasteiger partial charge is 0.504 e. The summed E-state index contributed by atoms with van der Waals surface area (Å²) in [5.41, 5.74) is 1.60. The Morgan fingerprint density at radius 3 is 2.70 bits per heavy atom. The first-order valence-corrected chi connectivity index (χ1v) is 10.7. The molecule has 5 rings (SSSR count). The first-order valence-electron chi connectivity index (χ1n) is 10.4. The molecule has 8 heteroatoms.